The Morgan fingerprint density at radius 3 is 2.39 bits per heavy atom. The molecule has 0 aliphatic carbocycles. The fourth-order valence-corrected chi connectivity index (χ4v) is 3.34. The molecule has 0 amide bonds. The Hall–Kier alpha value is -3.29. The second kappa shape index (κ2) is 12.1. The molecule has 0 saturated carbocycles. The van der Waals surface area contributed by atoms with Crippen LogP contribution in [0.5, 0.6) is 11.5 Å². The number of ketones is 1. The SMILES string of the molecule is COC(=O)CCn1c(C)cc(C(=O)COC(=O)c2ccc(OCCC(C)C)c(OC)c2)c1C. The zero-order chi connectivity index (χ0) is 24.5. The molecule has 2 rings (SSSR count). The minimum absolute atomic E-state index is 0.203. The molecule has 180 valence electrons. The standard InChI is InChI=1S/C25H33NO7/c1-16(2)10-12-32-22-8-7-19(14-23(22)30-5)25(29)33-15-21(27)20-13-17(3)26(18(20)4)11-9-24(28)31-6/h7-8,13-14,16H,9-12,15H2,1-6H3. The Morgan fingerprint density at radius 2 is 1.76 bits per heavy atom. The van der Waals surface area contributed by atoms with E-state index in [1.807, 2.05) is 11.5 Å². The molecule has 1 aromatic carbocycles. The van der Waals surface area contributed by atoms with E-state index in [-0.39, 0.29) is 23.7 Å². The van der Waals surface area contributed by atoms with E-state index in [0.29, 0.717) is 41.8 Å². The van der Waals surface area contributed by atoms with E-state index in [9.17, 15) is 14.4 Å². The van der Waals surface area contributed by atoms with Gasteiger partial charge < -0.3 is 23.5 Å². The van der Waals surface area contributed by atoms with Crippen LogP contribution < -0.4 is 9.47 Å². The Morgan fingerprint density at radius 1 is 1.03 bits per heavy atom. The highest BCUT2D eigenvalue weighted by atomic mass is 16.5. The number of hydrogen-bond donors (Lipinski definition) is 0. The predicted molar refractivity (Wildman–Crippen MR) is 123 cm³/mol. The second-order valence-electron chi connectivity index (χ2n) is 8.16. The molecular formula is C25H33NO7. The summed E-state index contributed by atoms with van der Waals surface area (Å²) in [5.74, 6) is 0.214. The Bertz CT molecular complexity index is 991. The number of carbonyl (C=O) groups is 3. The van der Waals surface area contributed by atoms with Crippen molar-refractivity contribution in [1.29, 1.82) is 0 Å². The minimum atomic E-state index is -0.630. The molecule has 8 heteroatoms. The lowest BCUT2D eigenvalue weighted by Crippen LogP contribution is -2.15. The van der Waals surface area contributed by atoms with Crippen LogP contribution in [0.25, 0.3) is 0 Å². The quantitative estimate of drug-likeness (QED) is 0.348. The van der Waals surface area contributed by atoms with Gasteiger partial charge >= 0.3 is 11.9 Å². The van der Waals surface area contributed by atoms with E-state index < -0.39 is 12.6 Å². The molecule has 0 saturated heterocycles. The highest BCUT2D eigenvalue weighted by Gasteiger charge is 2.19. The van der Waals surface area contributed by atoms with E-state index in [4.69, 9.17) is 14.2 Å². The predicted octanol–water partition coefficient (Wildman–Crippen LogP) is 4.14. The van der Waals surface area contributed by atoms with Gasteiger partial charge in [-0.25, -0.2) is 4.79 Å². The lowest BCUT2D eigenvalue weighted by molar-refractivity contribution is -0.140. The fourth-order valence-electron chi connectivity index (χ4n) is 3.34. The van der Waals surface area contributed by atoms with E-state index in [1.54, 1.807) is 25.1 Å². The lowest BCUT2D eigenvalue weighted by Gasteiger charge is -2.13. The molecule has 0 radical (unpaired) electrons. The van der Waals surface area contributed by atoms with Crippen molar-refractivity contribution in [2.24, 2.45) is 5.92 Å². The zero-order valence-corrected chi connectivity index (χ0v) is 20.2. The molecule has 1 heterocycles. The average Bonchev–Trinajstić information content (AvgIpc) is 3.08. The molecule has 0 bridgehead atoms. The van der Waals surface area contributed by atoms with Crippen molar-refractivity contribution >= 4 is 17.7 Å². The van der Waals surface area contributed by atoms with Crippen molar-refractivity contribution in [3.05, 3.63) is 46.8 Å². The number of aryl methyl sites for hydroxylation is 1. The third kappa shape index (κ3) is 7.10. The maximum absolute atomic E-state index is 12.7. The van der Waals surface area contributed by atoms with Crippen molar-refractivity contribution in [1.82, 2.24) is 4.57 Å². The minimum Gasteiger partial charge on any atom is -0.493 e. The van der Waals surface area contributed by atoms with Crippen LogP contribution in [0.2, 0.25) is 0 Å². The van der Waals surface area contributed by atoms with Crippen molar-refractivity contribution in [3.8, 4) is 11.5 Å². The highest BCUT2D eigenvalue weighted by molar-refractivity contribution is 6.00. The van der Waals surface area contributed by atoms with Gasteiger partial charge in [0.05, 0.1) is 32.8 Å². The van der Waals surface area contributed by atoms with Gasteiger partial charge in [0.25, 0.3) is 0 Å². The van der Waals surface area contributed by atoms with Crippen molar-refractivity contribution < 1.29 is 33.3 Å². The van der Waals surface area contributed by atoms with Crippen LogP contribution in [0.15, 0.2) is 24.3 Å². The first-order valence-electron chi connectivity index (χ1n) is 10.9. The second-order valence-corrected chi connectivity index (χ2v) is 8.16. The Labute approximate surface area is 194 Å². The van der Waals surface area contributed by atoms with Crippen LogP contribution in [0.3, 0.4) is 0 Å². The Balaban J connectivity index is 2.01. The van der Waals surface area contributed by atoms with Crippen molar-refractivity contribution in [2.75, 3.05) is 27.4 Å². The molecule has 0 spiro atoms. The molecule has 0 atom stereocenters. The molecule has 0 aliphatic heterocycles. The van der Waals surface area contributed by atoms with Gasteiger partial charge in [0, 0.05) is 23.5 Å². The number of aromatic nitrogens is 1. The number of methoxy groups -OCH3 is 2. The average molecular weight is 460 g/mol. The van der Waals surface area contributed by atoms with E-state index in [2.05, 4.69) is 18.6 Å². The third-order valence-corrected chi connectivity index (χ3v) is 5.33. The third-order valence-electron chi connectivity index (χ3n) is 5.33. The lowest BCUT2D eigenvalue weighted by atomic mass is 10.1. The van der Waals surface area contributed by atoms with Gasteiger partial charge in [0.15, 0.2) is 18.1 Å². The monoisotopic (exact) mass is 459 g/mol. The van der Waals surface area contributed by atoms with E-state index in [0.717, 1.165) is 12.1 Å². The van der Waals surface area contributed by atoms with Gasteiger partial charge in [0.1, 0.15) is 0 Å². The van der Waals surface area contributed by atoms with E-state index >= 15 is 0 Å². The van der Waals surface area contributed by atoms with Crippen LogP contribution >= 0.6 is 0 Å². The molecule has 1 aromatic heterocycles. The van der Waals surface area contributed by atoms with Crippen molar-refractivity contribution in [3.63, 3.8) is 0 Å². The smallest absolute Gasteiger partial charge is 0.338 e. The van der Waals surface area contributed by atoms with Gasteiger partial charge in [-0.15, -0.1) is 0 Å². The molecule has 2 aromatic rings. The summed E-state index contributed by atoms with van der Waals surface area (Å²) in [4.78, 5) is 36.6. The van der Waals surface area contributed by atoms with Gasteiger partial charge in [-0.05, 0) is 50.5 Å². The zero-order valence-electron chi connectivity index (χ0n) is 20.2. The van der Waals surface area contributed by atoms with Crippen molar-refractivity contribution in [2.45, 2.75) is 47.1 Å². The van der Waals surface area contributed by atoms with Gasteiger partial charge in [-0.3, -0.25) is 9.59 Å². The highest BCUT2D eigenvalue weighted by Crippen LogP contribution is 2.29. The maximum Gasteiger partial charge on any atom is 0.338 e. The number of carbonyl (C=O) groups excluding carboxylic acids is 3. The molecule has 0 aliphatic rings. The number of benzene rings is 1. The summed E-state index contributed by atoms with van der Waals surface area (Å²) < 4.78 is 22.9. The molecule has 33 heavy (non-hydrogen) atoms. The molecule has 0 fully saturated rings. The molecular weight excluding hydrogens is 426 g/mol. The van der Waals surface area contributed by atoms with Gasteiger partial charge in [0.2, 0.25) is 5.78 Å². The number of Topliss-reactive ketones (excluding diaryl/α,β-unsaturated/α-hetero) is 1. The summed E-state index contributed by atoms with van der Waals surface area (Å²) in [6, 6.07) is 6.51. The summed E-state index contributed by atoms with van der Waals surface area (Å²) in [5, 5.41) is 0. The van der Waals surface area contributed by atoms with Crippen LogP contribution in [0, 0.1) is 19.8 Å². The van der Waals surface area contributed by atoms with Gasteiger partial charge in [-0.1, -0.05) is 13.8 Å². The molecule has 0 N–H and O–H groups in total. The number of ether oxygens (including phenoxy) is 4. The summed E-state index contributed by atoms with van der Waals surface area (Å²) >= 11 is 0. The Kier molecular flexibility index (Phi) is 9.51. The van der Waals surface area contributed by atoms with E-state index in [1.165, 1.54) is 20.3 Å². The summed E-state index contributed by atoms with van der Waals surface area (Å²) in [6.07, 6.45) is 1.10. The number of esters is 2. The number of hydrogen-bond acceptors (Lipinski definition) is 7. The normalized spacial score (nSPS) is 10.8. The topological polar surface area (TPSA) is 93.1 Å². The van der Waals surface area contributed by atoms with Crippen LogP contribution in [-0.4, -0.2) is 49.7 Å². The fraction of sp³-hybridized carbons (Fsp3) is 0.480. The summed E-state index contributed by atoms with van der Waals surface area (Å²) in [6.45, 7) is 8.43. The first kappa shape index (κ1) is 26.0. The summed E-state index contributed by atoms with van der Waals surface area (Å²) in [5.41, 5.74) is 2.27. The first-order valence-corrected chi connectivity index (χ1v) is 10.9. The first-order chi connectivity index (χ1) is 15.7. The van der Waals surface area contributed by atoms with Crippen LogP contribution in [0.1, 0.15) is 58.8 Å². The summed E-state index contributed by atoms with van der Waals surface area (Å²) in [7, 11) is 2.84. The molecule has 8 nitrogen and oxygen atoms in total. The molecule has 0 unspecified atom stereocenters. The maximum atomic E-state index is 12.7. The number of rotatable bonds is 12. The van der Waals surface area contributed by atoms with Crippen LogP contribution in [-0.2, 0) is 20.8 Å². The largest absolute Gasteiger partial charge is 0.493 e. The van der Waals surface area contributed by atoms with Crippen LogP contribution in [0.4, 0.5) is 0 Å². The van der Waals surface area contributed by atoms with Gasteiger partial charge in [-0.2, -0.15) is 0 Å². The number of nitrogens with zero attached hydrogens (tertiary/aromatic N) is 1.